The van der Waals surface area contributed by atoms with E-state index in [-0.39, 0.29) is 42.0 Å². The number of nitrogens with zero attached hydrogens (tertiary/aromatic N) is 1. The average molecular weight is 361 g/mol. The lowest BCUT2D eigenvalue weighted by Gasteiger charge is -2.17. The van der Waals surface area contributed by atoms with Crippen molar-refractivity contribution in [2.24, 2.45) is 23.7 Å². The number of methoxy groups -OCH3 is 1. The second kappa shape index (κ2) is 5.88. The quantitative estimate of drug-likeness (QED) is 0.659. The molecule has 1 saturated carbocycles. The third-order valence-electron chi connectivity index (χ3n) is 5.30. The second-order valence-electron chi connectivity index (χ2n) is 6.66. The van der Waals surface area contributed by atoms with Gasteiger partial charge in [0.05, 0.1) is 24.6 Å². The van der Waals surface area contributed by atoms with Gasteiger partial charge in [-0.1, -0.05) is 23.8 Å². The number of fused-ring (bicyclic) bond motifs is 5. The number of nitrogens with one attached hydrogen (secondary N) is 1. The molecule has 7 heteroatoms. The molecule has 0 radical (unpaired) electrons. The van der Waals surface area contributed by atoms with Crippen molar-refractivity contribution in [3.8, 4) is 5.75 Å². The standard InChI is InChI=1S/C18H17ClN2O4/c1-25-13-5-4-11(19)7-12(13)20-14(22)8-21-17(23)15-9-2-3-10(6-9)16(15)18(21)24/h2-5,7,9-10,15-16H,6,8H2,1H3,(H,20,22)/t9-,10-,15-,16+/m1/s1. The number of amides is 3. The lowest BCUT2D eigenvalue weighted by Crippen LogP contribution is -2.39. The Hall–Kier alpha value is -2.34. The molecular weight excluding hydrogens is 344 g/mol. The smallest absolute Gasteiger partial charge is 0.244 e. The van der Waals surface area contributed by atoms with Crippen LogP contribution in [0, 0.1) is 23.7 Å². The van der Waals surface area contributed by atoms with Gasteiger partial charge in [0.25, 0.3) is 0 Å². The third kappa shape index (κ3) is 2.52. The van der Waals surface area contributed by atoms with Crippen LogP contribution in [-0.2, 0) is 14.4 Å². The van der Waals surface area contributed by atoms with E-state index < -0.39 is 5.91 Å². The Morgan fingerprint density at radius 3 is 2.48 bits per heavy atom. The first-order valence-electron chi connectivity index (χ1n) is 8.16. The van der Waals surface area contributed by atoms with Crippen LogP contribution in [0.25, 0.3) is 0 Å². The molecule has 3 aliphatic rings. The second-order valence-corrected chi connectivity index (χ2v) is 7.09. The lowest BCUT2D eigenvalue weighted by molar-refractivity contribution is -0.143. The molecule has 1 N–H and O–H groups in total. The van der Waals surface area contributed by atoms with Crippen molar-refractivity contribution in [1.29, 1.82) is 0 Å². The maximum atomic E-state index is 12.6. The topological polar surface area (TPSA) is 75.7 Å². The first-order chi connectivity index (χ1) is 12.0. The van der Waals surface area contributed by atoms with Crippen LogP contribution in [0.2, 0.25) is 5.02 Å². The highest BCUT2D eigenvalue weighted by molar-refractivity contribution is 6.31. The summed E-state index contributed by atoms with van der Waals surface area (Å²) in [6.07, 6.45) is 4.92. The Morgan fingerprint density at radius 2 is 1.88 bits per heavy atom. The summed E-state index contributed by atoms with van der Waals surface area (Å²) in [7, 11) is 1.48. The Bertz CT molecular complexity index is 776. The summed E-state index contributed by atoms with van der Waals surface area (Å²) in [5, 5.41) is 3.11. The van der Waals surface area contributed by atoms with Crippen molar-refractivity contribution < 1.29 is 19.1 Å². The zero-order valence-corrected chi connectivity index (χ0v) is 14.3. The molecule has 1 aromatic carbocycles. The Kier molecular flexibility index (Phi) is 3.80. The molecule has 130 valence electrons. The predicted octanol–water partition coefficient (Wildman–Crippen LogP) is 2.09. The van der Waals surface area contributed by atoms with Crippen molar-refractivity contribution in [1.82, 2.24) is 4.90 Å². The Balaban J connectivity index is 1.48. The van der Waals surface area contributed by atoms with Gasteiger partial charge in [-0.05, 0) is 36.5 Å². The number of likely N-dealkylation sites (tertiary alicyclic amines) is 1. The van der Waals surface area contributed by atoms with Gasteiger partial charge in [-0.3, -0.25) is 19.3 Å². The molecule has 1 heterocycles. The molecule has 1 saturated heterocycles. The minimum absolute atomic E-state index is 0.132. The summed E-state index contributed by atoms with van der Waals surface area (Å²) in [5.41, 5.74) is 0.404. The van der Waals surface area contributed by atoms with Gasteiger partial charge >= 0.3 is 0 Å². The van der Waals surface area contributed by atoms with E-state index in [1.165, 1.54) is 7.11 Å². The molecule has 2 aliphatic carbocycles. The molecule has 0 unspecified atom stereocenters. The van der Waals surface area contributed by atoms with Gasteiger partial charge in [-0.2, -0.15) is 0 Å². The van der Waals surface area contributed by atoms with Gasteiger partial charge < -0.3 is 10.1 Å². The van der Waals surface area contributed by atoms with Gasteiger partial charge in [-0.25, -0.2) is 0 Å². The summed E-state index contributed by atoms with van der Waals surface area (Å²) < 4.78 is 5.18. The molecule has 0 aromatic heterocycles. The summed E-state index contributed by atoms with van der Waals surface area (Å²) in [6, 6.07) is 4.84. The fraction of sp³-hybridized carbons (Fsp3) is 0.389. The highest BCUT2D eigenvalue weighted by Crippen LogP contribution is 2.52. The number of carbonyl (C=O) groups excluding carboxylic acids is 3. The largest absolute Gasteiger partial charge is 0.495 e. The van der Waals surface area contributed by atoms with Crippen molar-refractivity contribution in [3.05, 3.63) is 35.4 Å². The van der Waals surface area contributed by atoms with Gasteiger partial charge in [0.2, 0.25) is 17.7 Å². The third-order valence-corrected chi connectivity index (χ3v) is 5.53. The lowest BCUT2D eigenvalue weighted by atomic mass is 9.85. The van der Waals surface area contributed by atoms with E-state index in [0.29, 0.717) is 16.5 Å². The first kappa shape index (κ1) is 16.1. The van der Waals surface area contributed by atoms with Crippen LogP contribution < -0.4 is 10.1 Å². The number of hydrogen-bond donors (Lipinski definition) is 1. The van der Waals surface area contributed by atoms with E-state index in [0.717, 1.165) is 11.3 Å². The van der Waals surface area contributed by atoms with E-state index in [1.807, 2.05) is 12.2 Å². The summed E-state index contributed by atoms with van der Waals surface area (Å²) >= 11 is 5.95. The van der Waals surface area contributed by atoms with Crippen molar-refractivity contribution in [2.75, 3.05) is 19.0 Å². The maximum absolute atomic E-state index is 12.6. The fourth-order valence-electron chi connectivity index (χ4n) is 4.23. The van der Waals surface area contributed by atoms with E-state index in [2.05, 4.69) is 5.32 Å². The van der Waals surface area contributed by atoms with Crippen LogP contribution in [0.3, 0.4) is 0 Å². The van der Waals surface area contributed by atoms with Crippen molar-refractivity contribution in [2.45, 2.75) is 6.42 Å². The van der Waals surface area contributed by atoms with E-state index in [4.69, 9.17) is 16.3 Å². The number of allylic oxidation sites excluding steroid dienone is 2. The molecule has 1 aromatic rings. The molecule has 4 atom stereocenters. The average Bonchev–Trinajstić information content (AvgIpc) is 3.25. The first-order valence-corrected chi connectivity index (χ1v) is 8.54. The van der Waals surface area contributed by atoms with Crippen LogP contribution in [0.15, 0.2) is 30.4 Å². The Morgan fingerprint density at radius 1 is 1.24 bits per heavy atom. The number of imide groups is 1. The van der Waals surface area contributed by atoms with E-state index in [1.54, 1.807) is 18.2 Å². The van der Waals surface area contributed by atoms with Gasteiger partial charge in [-0.15, -0.1) is 0 Å². The molecule has 1 aliphatic heterocycles. The molecule has 2 bridgehead atoms. The van der Waals surface area contributed by atoms with Gasteiger partial charge in [0, 0.05) is 5.02 Å². The number of rotatable bonds is 4. The molecule has 0 spiro atoms. The minimum Gasteiger partial charge on any atom is -0.495 e. The monoisotopic (exact) mass is 360 g/mol. The zero-order valence-electron chi connectivity index (χ0n) is 13.6. The summed E-state index contributed by atoms with van der Waals surface area (Å²) in [6.45, 7) is -0.292. The Labute approximate surface area is 149 Å². The maximum Gasteiger partial charge on any atom is 0.244 e. The van der Waals surface area contributed by atoms with Crippen LogP contribution >= 0.6 is 11.6 Å². The zero-order chi connectivity index (χ0) is 17.7. The van der Waals surface area contributed by atoms with Crippen LogP contribution in [0.5, 0.6) is 5.75 Å². The van der Waals surface area contributed by atoms with E-state index in [9.17, 15) is 14.4 Å². The number of halogens is 1. The molecular formula is C18H17ClN2O4. The van der Waals surface area contributed by atoms with Crippen LogP contribution in [0.1, 0.15) is 6.42 Å². The van der Waals surface area contributed by atoms with E-state index >= 15 is 0 Å². The normalized spacial score (nSPS) is 29.3. The van der Waals surface area contributed by atoms with Crippen molar-refractivity contribution >= 4 is 35.0 Å². The number of ether oxygens (including phenoxy) is 1. The summed E-state index contributed by atoms with van der Waals surface area (Å²) in [5.74, 6) is -0.800. The molecule has 3 amide bonds. The fourth-order valence-corrected chi connectivity index (χ4v) is 4.40. The van der Waals surface area contributed by atoms with Crippen molar-refractivity contribution in [3.63, 3.8) is 0 Å². The number of benzene rings is 1. The molecule has 4 rings (SSSR count). The van der Waals surface area contributed by atoms with Crippen LogP contribution in [-0.4, -0.2) is 36.3 Å². The molecule has 25 heavy (non-hydrogen) atoms. The minimum atomic E-state index is -0.456. The SMILES string of the molecule is COc1ccc(Cl)cc1NC(=O)CN1C(=O)[C@@H]2[C@H](C1=O)[C@@H]1C=C[C@@H]2C1. The molecule has 2 fully saturated rings. The highest BCUT2D eigenvalue weighted by atomic mass is 35.5. The van der Waals surface area contributed by atoms with Crippen LogP contribution in [0.4, 0.5) is 5.69 Å². The number of carbonyl (C=O) groups is 3. The number of hydrogen-bond acceptors (Lipinski definition) is 4. The highest BCUT2D eigenvalue weighted by Gasteiger charge is 2.59. The van der Waals surface area contributed by atoms with Gasteiger partial charge in [0.1, 0.15) is 12.3 Å². The molecule has 6 nitrogen and oxygen atoms in total. The summed E-state index contributed by atoms with van der Waals surface area (Å²) in [4.78, 5) is 38.7. The predicted molar refractivity (Wildman–Crippen MR) is 91.1 cm³/mol. The van der Waals surface area contributed by atoms with Gasteiger partial charge in [0.15, 0.2) is 0 Å². The number of anilines is 1.